The predicted octanol–water partition coefficient (Wildman–Crippen LogP) is 2.92. The molecule has 1 aromatic carbocycles. The van der Waals surface area contributed by atoms with E-state index in [9.17, 15) is 4.39 Å². The lowest BCUT2D eigenvalue weighted by molar-refractivity contribution is 0.0764. The van der Waals surface area contributed by atoms with Crippen LogP contribution in [0.25, 0.3) is 0 Å². The fraction of sp³-hybridized carbons (Fsp3) is 0.647. The average Bonchev–Trinajstić information content (AvgIpc) is 2.52. The quantitative estimate of drug-likeness (QED) is 0.869. The highest BCUT2D eigenvalue weighted by Gasteiger charge is 2.37. The van der Waals surface area contributed by atoms with Crippen LogP contribution in [-0.2, 0) is 0 Å². The zero-order chi connectivity index (χ0) is 14.7. The van der Waals surface area contributed by atoms with Crippen molar-refractivity contribution in [2.45, 2.75) is 25.7 Å². The number of benzene rings is 1. The number of hydrogen-bond acceptors (Lipinski definition) is 3. The third-order valence-corrected chi connectivity index (χ3v) is 5.40. The molecule has 3 rings (SSSR count). The number of anilines is 2. The van der Waals surface area contributed by atoms with Gasteiger partial charge < -0.3 is 15.5 Å². The number of nitrogen functional groups attached to an aromatic ring is 1. The van der Waals surface area contributed by atoms with Crippen molar-refractivity contribution in [3.8, 4) is 0 Å². The van der Waals surface area contributed by atoms with Crippen LogP contribution in [0, 0.1) is 5.41 Å². The number of piperidine rings is 2. The Hall–Kier alpha value is -1.29. The summed E-state index contributed by atoms with van der Waals surface area (Å²) in [5.74, 6) is 0. The van der Waals surface area contributed by atoms with E-state index < -0.39 is 0 Å². The molecule has 0 radical (unpaired) electrons. The van der Waals surface area contributed by atoms with E-state index in [2.05, 4.69) is 21.9 Å². The van der Waals surface area contributed by atoms with Gasteiger partial charge in [-0.1, -0.05) is 0 Å². The summed E-state index contributed by atoms with van der Waals surface area (Å²) in [4.78, 5) is 4.75. The Balaban J connectivity index is 1.54. The molecule has 116 valence electrons. The van der Waals surface area contributed by atoms with Crippen molar-refractivity contribution in [2.75, 3.05) is 50.0 Å². The zero-order valence-corrected chi connectivity index (χ0v) is 12.7. The Labute approximate surface area is 126 Å². The molecule has 0 atom stereocenters. The first kappa shape index (κ1) is 14.6. The maximum Gasteiger partial charge on any atom is 0.102 e. The molecule has 2 saturated heterocycles. The highest BCUT2D eigenvalue weighted by Crippen LogP contribution is 2.42. The van der Waals surface area contributed by atoms with E-state index in [1.54, 1.807) is 0 Å². The Morgan fingerprint density at radius 2 is 1.52 bits per heavy atom. The van der Waals surface area contributed by atoms with Gasteiger partial charge in [-0.3, -0.25) is 0 Å². The lowest BCUT2D eigenvalue weighted by atomic mass is 9.71. The maximum atomic E-state index is 12.4. The molecule has 1 aromatic rings. The third-order valence-electron chi connectivity index (χ3n) is 5.40. The molecule has 2 N–H and O–H groups in total. The molecule has 0 unspecified atom stereocenters. The van der Waals surface area contributed by atoms with Crippen LogP contribution in [0.1, 0.15) is 25.7 Å². The molecule has 0 bridgehead atoms. The van der Waals surface area contributed by atoms with Gasteiger partial charge in [-0.25, -0.2) is 4.39 Å². The lowest BCUT2D eigenvalue weighted by Gasteiger charge is -2.47. The van der Waals surface area contributed by atoms with E-state index in [4.69, 9.17) is 5.73 Å². The first-order chi connectivity index (χ1) is 10.2. The van der Waals surface area contributed by atoms with Gasteiger partial charge in [0.1, 0.15) is 6.67 Å². The van der Waals surface area contributed by atoms with E-state index in [-0.39, 0.29) is 6.67 Å². The van der Waals surface area contributed by atoms with E-state index in [1.807, 2.05) is 12.1 Å². The molecule has 2 fully saturated rings. The Morgan fingerprint density at radius 3 is 2.10 bits per heavy atom. The van der Waals surface area contributed by atoms with Crippen molar-refractivity contribution in [3.63, 3.8) is 0 Å². The fourth-order valence-electron chi connectivity index (χ4n) is 3.79. The molecule has 21 heavy (non-hydrogen) atoms. The summed E-state index contributed by atoms with van der Waals surface area (Å²) < 4.78 is 12.4. The van der Waals surface area contributed by atoms with Gasteiger partial charge in [0.2, 0.25) is 0 Å². The third kappa shape index (κ3) is 3.31. The highest BCUT2D eigenvalue weighted by molar-refractivity contribution is 5.53. The standard InChI is InChI=1S/C17H26FN3/c18-9-14-20-10-5-17(6-11-20)7-12-21(13-8-17)16-3-1-15(19)2-4-16/h1-4H,5-14,19H2. The van der Waals surface area contributed by atoms with Gasteiger partial charge in [-0.05, 0) is 68.5 Å². The number of hydrogen-bond donors (Lipinski definition) is 1. The summed E-state index contributed by atoms with van der Waals surface area (Å²) in [5.41, 5.74) is 8.38. The van der Waals surface area contributed by atoms with Gasteiger partial charge >= 0.3 is 0 Å². The van der Waals surface area contributed by atoms with Gasteiger partial charge in [0.15, 0.2) is 0 Å². The van der Waals surface area contributed by atoms with Gasteiger partial charge in [0.25, 0.3) is 0 Å². The lowest BCUT2D eigenvalue weighted by Crippen LogP contribution is -2.47. The Morgan fingerprint density at radius 1 is 0.952 bits per heavy atom. The molecule has 2 heterocycles. The summed E-state index contributed by atoms with van der Waals surface area (Å²) in [6.45, 7) is 4.82. The van der Waals surface area contributed by atoms with Crippen molar-refractivity contribution in [1.29, 1.82) is 0 Å². The van der Waals surface area contributed by atoms with Gasteiger partial charge in [-0.15, -0.1) is 0 Å². The second-order valence-corrected chi connectivity index (χ2v) is 6.61. The van der Waals surface area contributed by atoms with Crippen LogP contribution in [0.3, 0.4) is 0 Å². The number of alkyl halides is 1. The number of nitrogens with zero attached hydrogens (tertiary/aromatic N) is 2. The van der Waals surface area contributed by atoms with E-state index in [0.717, 1.165) is 31.9 Å². The topological polar surface area (TPSA) is 32.5 Å². The molecule has 0 amide bonds. The molecular formula is C17H26FN3. The molecule has 4 heteroatoms. The van der Waals surface area contributed by atoms with Gasteiger partial charge in [0, 0.05) is 31.0 Å². The first-order valence-electron chi connectivity index (χ1n) is 8.10. The van der Waals surface area contributed by atoms with E-state index in [0.29, 0.717) is 12.0 Å². The van der Waals surface area contributed by atoms with Gasteiger partial charge in [-0.2, -0.15) is 0 Å². The molecule has 0 saturated carbocycles. The monoisotopic (exact) mass is 291 g/mol. The molecule has 3 nitrogen and oxygen atoms in total. The van der Waals surface area contributed by atoms with Crippen LogP contribution < -0.4 is 10.6 Å². The summed E-state index contributed by atoms with van der Waals surface area (Å²) in [5, 5.41) is 0. The van der Waals surface area contributed by atoms with Crippen LogP contribution in [0.2, 0.25) is 0 Å². The number of halogens is 1. The maximum absolute atomic E-state index is 12.4. The number of likely N-dealkylation sites (tertiary alicyclic amines) is 1. The normalized spacial score (nSPS) is 22.6. The molecular weight excluding hydrogens is 265 g/mol. The van der Waals surface area contributed by atoms with Gasteiger partial charge in [0.05, 0.1) is 0 Å². The van der Waals surface area contributed by atoms with E-state index >= 15 is 0 Å². The van der Waals surface area contributed by atoms with Crippen molar-refractivity contribution >= 4 is 11.4 Å². The summed E-state index contributed by atoms with van der Waals surface area (Å²) in [6, 6.07) is 8.21. The SMILES string of the molecule is Nc1ccc(N2CCC3(CCN(CCF)CC3)CC2)cc1. The summed E-state index contributed by atoms with van der Waals surface area (Å²) in [6.07, 6.45) is 5.01. The molecule has 2 aliphatic rings. The molecule has 1 spiro atoms. The van der Waals surface area contributed by atoms with Crippen molar-refractivity contribution < 1.29 is 4.39 Å². The highest BCUT2D eigenvalue weighted by atomic mass is 19.1. The second-order valence-electron chi connectivity index (χ2n) is 6.61. The minimum Gasteiger partial charge on any atom is -0.399 e. The van der Waals surface area contributed by atoms with Crippen LogP contribution in [0.4, 0.5) is 15.8 Å². The fourth-order valence-corrected chi connectivity index (χ4v) is 3.79. The van der Waals surface area contributed by atoms with Crippen LogP contribution in [0.15, 0.2) is 24.3 Å². The van der Waals surface area contributed by atoms with Crippen LogP contribution >= 0.6 is 0 Å². The molecule has 2 aliphatic heterocycles. The minimum atomic E-state index is -0.210. The number of rotatable bonds is 3. The average molecular weight is 291 g/mol. The first-order valence-corrected chi connectivity index (χ1v) is 8.10. The molecule has 0 aromatic heterocycles. The minimum absolute atomic E-state index is 0.210. The van der Waals surface area contributed by atoms with Crippen LogP contribution in [-0.4, -0.2) is 44.3 Å². The van der Waals surface area contributed by atoms with Crippen molar-refractivity contribution in [1.82, 2.24) is 4.90 Å². The van der Waals surface area contributed by atoms with Crippen molar-refractivity contribution in [3.05, 3.63) is 24.3 Å². The predicted molar refractivity (Wildman–Crippen MR) is 86.4 cm³/mol. The second kappa shape index (κ2) is 6.22. The molecule has 0 aliphatic carbocycles. The Kier molecular flexibility index (Phi) is 4.34. The van der Waals surface area contributed by atoms with Crippen molar-refractivity contribution in [2.24, 2.45) is 5.41 Å². The zero-order valence-electron chi connectivity index (χ0n) is 12.7. The van der Waals surface area contributed by atoms with Crippen LogP contribution in [0.5, 0.6) is 0 Å². The largest absolute Gasteiger partial charge is 0.399 e. The summed E-state index contributed by atoms with van der Waals surface area (Å²) >= 11 is 0. The number of nitrogens with two attached hydrogens (primary N) is 1. The smallest absolute Gasteiger partial charge is 0.102 e. The van der Waals surface area contributed by atoms with E-state index in [1.165, 1.54) is 31.4 Å². The Bertz CT molecular complexity index is 442. The summed E-state index contributed by atoms with van der Waals surface area (Å²) in [7, 11) is 0.